The molecule has 22 heavy (non-hydrogen) atoms. The number of anilines is 2. The van der Waals surface area contributed by atoms with Gasteiger partial charge in [-0.05, 0) is 40.2 Å². The molecule has 1 aromatic heterocycles. The molecular weight excluding hydrogens is 414 g/mol. The van der Waals surface area contributed by atoms with Crippen molar-refractivity contribution in [3.8, 4) is 6.07 Å². The van der Waals surface area contributed by atoms with Crippen LogP contribution in [0.5, 0.6) is 0 Å². The third-order valence-corrected chi connectivity index (χ3v) is 3.37. The van der Waals surface area contributed by atoms with Gasteiger partial charge in [0.15, 0.2) is 0 Å². The maximum atomic E-state index is 12.0. The van der Waals surface area contributed by atoms with E-state index in [1.165, 1.54) is 6.20 Å². The molecule has 0 atom stereocenters. The van der Waals surface area contributed by atoms with Gasteiger partial charge in [-0.2, -0.15) is 5.26 Å². The molecule has 8 heteroatoms. The van der Waals surface area contributed by atoms with Crippen LogP contribution < -0.4 is 10.6 Å². The fraction of sp³-hybridized carbons (Fsp3) is 0. The number of nitriles is 1. The van der Waals surface area contributed by atoms with Gasteiger partial charge in [0.25, 0.3) is 5.91 Å². The summed E-state index contributed by atoms with van der Waals surface area (Å²) in [6.07, 6.45) is 4.37. The topological polar surface area (TPSA) is 90.7 Å². The standard InChI is InChI=1S/C14H9Br2N5O/c15-10-1-3-12(4-2-10)21-13(22)9(5-17)6-18-14-19-7-11(16)8-20-14/h1-4,6-8H,(H,21,22)(H,18,19,20)/b9-6-. The highest BCUT2D eigenvalue weighted by molar-refractivity contribution is 9.10. The molecule has 0 aliphatic rings. The van der Waals surface area contributed by atoms with Crippen molar-refractivity contribution in [3.05, 3.63) is 57.4 Å². The van der Waals surface area contributed by atoms with Gasteiger partial charge < -0.3 is 10.6 Å². The van der Waals surface area contributed by atoms with E-state index in [4.69, 9.17) is 5.26 Å². The molecule has 0 saturated heterocycles. The smallest absolute Gasteiger partial charge is 0.267 e. The molecular formula is C14H9Br2N5O. The number of halogens is 2. The van der Waals surface area contributed by atoms with Gasteiger partial charge in [-0.1, -0.05) is 15.9 Å². The van der Waals surface area contributed by atoms with E-state index in [-0.39, 0.29) is 11.5 Å². The number of nitrogens with zero attached hydrogens (tertiary/aromatic N) is 3. The van der Waals surface area contributed by atoms with E-state index in [2.05, 4.69) is 52.5 Å². The van der Waals surface area contributed by atoms with Crippen molar-refractivity contribution in [2.24, 2.45) is 0 Å². The van der Waals surface area contributed by atoms with E-state index in [9.17, 15) is 4.79 Å². The van der Waals surface area contributed by atoms with Gasteiger partial charge in [-0.3, -0.25) is 4.79 Å². The van der Waals surface area contributed by atoms with Crippen molar-refractivity contribution in [1.82, 2.24) is 9.97 Å². The molecule has 6 nitrogen and oxygen atoms in total. The van der Waals surface area contributed by atoms with Crippen LogP contribution in [0.2, 0.25) is 0 Å². The number of rotatable bonds is 4. The second-order valence-corrected chi connectivity index (χ2v) is 5.83. The monoisotopic (exact) mass is 421 g/mol. The molecule has 2 aromatic rings. The Bertz CT molecular complexity index is 735. The van der Waals surface area contributed by atoms with Gasteiger partial charge in [-0.25, -0.2) is 9.97 Å². The predicted octanol–water partition coefficient (Wildman–Crippen LogP) is 3.46. The number of hydrogen-bond acceptors (Lipinski definition) is 5. The Balaban J connectivity index is 2.05. The second-order valence-electron chi connectivity index (χ2n) is 4.00. The molecule has 1 aromatic carbocycles. The van der Waals surface area contributed by atoms with Crippen LogP contribution >= 0.6 is 31.9 Å². The maximum absolute atomic E-state index is 12.0. The highest BCUT2D eigenvalue weighted by Gasteiger charge is 2.09. The quantitative estimate of drug-likeness (QED) is 0.581. The average Bonchev–Trinajstić information content (AvgIpc) is 2.52. The first-order valence-electron chi connectivity index (χ1n) is 6.00. The number of benzene rings is 1. The van der Waals surface area contributed by atoms with Crippen molar-refractivity contribution >= 4 is 49.4 Å². The average molecular weight is 423 g/mol. The number of carbonyl (C=O) groups excluding carboxylic acids is 1. The molecule has 0 fully saturated rings. The van der Waals surface area contributed by atoms with Crippen LogP contribution in [0.15, 0.2) is 57.4 Å². The summed E-state index contributed by atoms with van der Waals surface area (Å²) in [6.45, 7) is 0. The van der Waals surface area contributed by atoms with Gasteiger partial charge in [0, 0.05) is 28.8 Å². The van der Waals surface area contributed by atoms with Crippen molar-refractivity contribution in [3.63, 3.8) is 0 Å². The van der Waals surface area contributed by atoms with E-state index in [0.717, 1.165) is 8.95 Å². The molecule has 110 valence electrons. The number of hydrogen-bond donors (Lipinski definition) is 2. The highest BCUT2D eigenvalue weighted by atomic mass is 79.9. The van der Waals surface area contributed by atoms with Crippen molar-refractivity contribution in [1.29, 1.82) is 5.26 Å². The number of amides is 1. The van der Waals surface area contributed by atoms with Crippen LogP contribution in [0, 0.1) is 11.3 Å². The Morgan fingerprint density at radius 2 is 1.77 bits per heavy atom. The highest BCUT2D eigenvalue weighted by Crippen LogP contribution is 2.15. The SMILES string of the molecule is N#C/C(=C/Nc1ncc(Br)cn1)C(=O)Nc1ccc(Br)cc1. The molecule has 0 radical (unpaired) electrons. The van der Waals surface area contributed by atoms with E-state index >= 15 is 0 Å². The molecule has 1 amide bonds. The summed E-state index contributed by atoms with van der Waals surface area (Å²) in [7, 11) is 0. The van der Waals surface area contributed by atoms with E-state index in [1.807, 2.05) is 6.07 Å². The lowest BCUT2D eigenvalue weighted by Crippen LogP contribution is -2.14. The fourth-order valence-corrected chi connectivity index (χ4v) is 1.87. The largest absolute Gasteiger partial charge is 0.329 e. The predicted molar refractivity (Wildman–Crippen MR) is 89.8 cm³/mol. The normalized spacial score (nSPS) is 10.7. The molecule has 0 aliphatic carbocycles. The summed E-state index contributed by atoms with van der Waals surface area (Å²) in [4.78, 5) is 20.0. The van der Waals surface area contributed by atoms with Crippen LogP contribution in [0.1, 0.15) is 0 Å². The third kappa shape index (κ3) is 4.65. The Kier molecular flexibility index (Phi) is 5.63. The van der Waals surface area contributed by atoms with Gasteiger partial charge in [-0.15, -0.1) is 0 Å². The third-order valence-electron chi connectivity index (χ3n) is 2.43. The summed E-state index contributed by atoms with van der Waals surface area (Å²) < 4.78 is 1.63. The summed E-state index contributed by atoms with van der Waals surface area (Å²) in [5.41, 5.74) is 0.503. The first-order chi connectivity index (χ1) is 10.6. The Morgan fingerprint density at radius 1 is 1.14 bits per heavy atom. The Hall–Kier alpha value is -2.24. The van der Waals surface area contributed by atoms with Crippen LogP contribution in [0.4, 0.5) is 11.6 Å². The van der Waals surface area contributed by atoms with E-state index in [1.54, 1.807) is 36.7 Å². The zero-order valence-corrected chi connectivity index (χ0v) is 14.2. The van der Waals surface area contributed by atoms with Crippen LogP contribution in [-0.2, 0) is 4.79 Å². The lowest BCUT2D eigenvalue weighted by molar-refractivity contribution is -0.112. The summed E-state index contributed by atoms with van der Waals surface area (Å²) in [6, 6.07) is 8.86. The Morgan fingerprint density at radius 3 is 2.36 bits per heavy atom. The lowest BCUT2D eigenvalue weighted by atomic mass is 10.2. The van der Waals surface area contributed by atoms with Crippen LogP contribution in [-0.4, -0.2) is 15.9 Å². The van der Waals surface area contributed by atoms with Gasteiger partial charge in [0.2, 0.25) is 5.95 Å². The number of nitrogens with one attached hydrogen (secondary N) is 2. The zero-order valence-electron chi connectivity index (χ0n) is 11.0. The summed E-state index contributed by atoms with van der Waals surface area (Å²) >= 11 is 6.52. The second kappa shape index (κ2) is 7.68. The Labute approximate surface area is 143 Å². The molecule has 2 N–H and O–H groups in total. The minimum Gasteiger partial charge on any atom is -0.329 e. The molecule has 0 spiro atoms. The van der Waals surface area contributed by atoms with Crippen LogP contribution in [0.25, 0.3) is 0 Å². The first kappa shape index (κ1) is 16.1. The van der Waals surface area contributed by atoms with Crippen molar-refractivity contribution in [2.45, 2.75) is 0 Å². The lowest BCUT2D eigenvalue weighted by Gasteiger charge is -2.04. The molecule has 0 saturated carbocycles. The number of carbonyl (C=O) groups is 1. The minimum absolute atomic E-state index is 0.0885. The number of aromatic nitrogens is 2. The van der Waals surface area contributed by atoms with E-state index < -0.39 is 5.91 Å². The zero-order chi connectivity index (χ0) is 15.9. The first-order valence-corrected chi connectivity index (χ1v) is 7.58. The van der Waals surface area contributed by atoms with Crippen molar-refractivity contribution in [2.75, 3.05) is 10.6 Å². The van der Waals surface area contributed by atoms with Gasteiger partial charge in [0.1, 0.15) is 11.6 Å². The van der Waals surface area contributed by atoms with Gasteiger partial charge >= 0.3 is 0 Å². The molecule has 0 unspecified atom stereocenters. The van der Waals surface area contributed by atoms with E-state index in [0.29, 0.717) is 5.69 Å². The molecule has 0 aliphatic heterocycles. The summed E-state index contributed by atoms with van der Waals surface area (Å²) in [5, 5.41) is 14.4. The molecule has 1 heterocycles. The van der Waals surface area contributed by atoms with Crippen LogP contribution in [0.3, 0.4) is 0 Å². The summed E-state index contributed by atoms with van der Waals surface area (Å²) in [5.74, 6) is -0.234. The minimum atomic E-state index is -0.519. The maximum Gasteiger partial charge on any atom is 0.267 e. The van der Waals surface area contributed by atoms with Crippen molar-refractivity contribution < 1.29 is 4.79 Å². The van der Waals surface area contributed by atoms with Gasteiger partial charge in [0.05, 0.1) is 4.47 Å². The molecule has 0 bridgehead atoms. The molecule has 2 rings (SSSR count). The fourth-order valence-electron chi connectivity index (χ4n) is 1.40.